The van der Waals surface area contributed by atoms with Crippen LogP contribution in [0.25, 0.3) is 5.00 Å². The Bertz CT molecular complexity index is 1000. The number of thiophene rings is 1. The van der Waals surface area contributed by atoms with Gasteiger partial charge in [-0.05, 0) is 61.1 Å². The maximum Gasteiger partial charge on any atom is 0.231 e. The van der Waals surface area contributed by atoms with E-state index >= 15 is 0 Å². The molecule has 0 spiro atoms. The zero-order chi connectivity index (χ0) is 17.1. The van der Waals surface area contributed by atoms with Crippen LogP contribution in [0, 0.1) is 0 Å². The molecule has 4 nitrogen and oxygen atoms in total. The van der Waals surface area contributed by atoms with Gasteiger partial charge in [0, 0.05) is 28.9 Å². The van der Waals surface area contributed by atoms with Crippen LogP contribution >= 0.6 is 11.3 Å². The molecule has 1 aliphatic carbocycles. The van der Waals surface area contributed by atoms with E-state index in [0.29, 0.717) is 6.79 Å². The number of aryl methyl sites for hydroxylation is 1. The van der Waals surface area contributed by atoms with Crippen molar-refractivity contribution in [3.8, 4) is 16.5 Å². The van der Waals surface area contributed by atoms with Gasteiger partial charge in [0.1, 0.15) is 5.00 Å². The molecule has 1 aromatic carbocycles. The van der Waals surface area contributed by atoms with Crippen molar-refractivity contribution in [2.45, 2.75) is 38.3 Å². The minimum atomic E-state index is 0.151. The van der Waals surface area contributed by atoms with Gasteiger partial charge >= 0.3 is 0 Å². The van der Waals surface area contributed by atoms with Crippen LogP contribution in [-0.4, -0.2) is 11.4 Å². The second-order valence-corrected chi connectivity index (χ2v) is 8.31. The molecule has 0 radical (unpaired) electrons. The van der Waals surface area contributed by atoms with Gasteiger partial charge in [0.05, 0.1) is 6.04 Å². The zero-order valence-corrected chi connectivity index (χ0v) is 15.3. The Morgan fingerprint density at radius 2 is 1.96 bits per heavy atom. The molecule has 3 aromatic rings. The fourth-order valence-electron chi connectivity index (χ4n) is 4.50. The lowest BCUT2D eigenvalue weighted by atomic mass is 9.95. The standard InChI is InChI=1S/C21H20N2O2S/c1-2-6-19-14(4-1)15-11-22-20(16-5-3-9-23(16)21(15)26-19)13-7-8-17-18(10-13)25-12-24-17/h3,5,7-10,20,22H,1-2,4,6,11-12H2. The normalized spacial score (nSPS) is 20.2. The summed E-state index contributed by atoms with van der Waals surface area (Å²) in [4.78, 5) is 1.60. The van der Waals surface area contributed by atoms with E-state index in [4.69, 9.17) is 9.47 Å². The number of benzene rings is 1. The fraction of sp³-hybridized carbons (Fsp3) is 0.333. The summed E-state index contributed by atoms with van der Waals surface area (Å²) in [6.07, 6.45) is 7.34. The van der Waals surface area contributed by atoms with Gasteiger partial charge < -0.3 is 19.4 Å². The largest absolute Gasteiger partial charge is 0.454 e. The first-order chi connectivity index (χ1) is 12.9. The average molecular weight is 364 g/mol. The first-order valence-corrected chi connectivity index (χ1v) is 10.1. The molecule has 1 N–H and O–H groups in total. The van der Waals surface area contributed by atoms with Gasteiger partial charge in [-0.2, -0.15) is 0 Å². The highest BCUT2D eigenvalue weighted by molar-refractivity contribution is 7.15. The van der Waals surface area contributed by atoms with E-state index in [0.717, 1.165) is 18.0 Å². The maximum atomic E-state index is 5.60. The van der Waals surface area contributed by atoms with Crippen molar-refractivity contribution in [3.05, 3.63) is 63.8 Å². The zero-order valence-electron chi connectivity index (χ0n) is 14.5. The molecular formula is C21H20N2O2S. The number of hydrogen-bond donors (Lipinski definition) is 1. The molecule has 4 heterocycles. The van der Waals surface area contributed by atoms with Gasteiger partial charge in [-0.3, -0.25) is 0 Å². The summed E-state index contributed by atoms with van der Waals surface area (Å²) in [6, 6.07) is 10.8. The van der Waals surface area contributed by atoms with Crippen molar-refractivity contribution in [2.24, 2.45) is 0 Å². The van der Waals surface area contributed by atoms with Gasteiger partial charge in [-0.1, -0.05) is 6.07 Å². The van der Waals surface area contributed by atoms with Crippen molar-refractivity contribution in [2.75, 3.05) is 6.79 Å². The number of rotatable bonds is 1. The molecule has 3 aliphatic rings. The summed E-state index contributed by atoms with van der Waals surface area (Å²) in [7, 11) is 0. The Kier molecular flexibility index (Phi) is 3.22. The fourth-order valence-corrected chi connectivity index (χ4v) is 5.91. The highest BCUT2D eigenvalue weighted by Crippen LogP contribution is 2.42. The van der Waals surface area contributed by atoms with E-state index in [-0.39, 0.29) is 6.04 Å². The number of aromatic nitrogens is 1. The molecule has 0 amide bonds. The predicted molar refractivity (Wildman–Crippen MR) is 102 cm³/mol. The predicted octanol–water partition coefficient (Wildman–Crippen LogP) is 4.34. The SMILES string of the molecule is c1cc2n(c1)-c1sc3c(c1CNC2c1ccc2c(c1)OCO2)CCCC3. The minimum absolute atomic E-state index is 0.151. The average Bonchev–Trinajstić information content (AvgIpc) is 3.38. The van der Waals surface area contributed by atoms with E-state index in [2.05, 4.69) is 40.3 Å². The molecule has 0 bridgehead atoms. The Hall–Kier alpha value is -2.24. The van der Waals surface area contributed by atoms with Gasteiger partial charge in [0.2, 0.25) is 6.79 Å². The van der Waals surface area contributed by atoms with E-state index in [1.165, 1.54) is 47.5 Å². The molecular weight excluding hydrogens is 344 g/mol. The van der Waals surface area contributed by atoms with Gasteiger partial charge in [0.25, 0.3) is 0 Å². The quantitative estimate of drug-likeness (QED) is 0.698. The van der Waals surface area contributed by atoms with Crippen LogP contribution in [0.5, 0.6) is 11.5 Å². The topological polar surface area (TPSA) is 35.4 Å². The molecule has 0 saturated carbocycles. The number of nitrogens with zero attached hydrogens (tertiary/aromatic N) is 1. The number of ether oxygens (including phenoxy) is 2. The van der Waals surface area contributed by atoms with Crippen LogP contribution in [0.3, 0.4) is 0 Å². The highest BCUT2D eigenvalue weighted by atomic mass is 32.1. The third-order valence-corrected chi connectivity index (χ3v) is 7.10. The van der Waals surface area contributed by atoms with Crippen LogP contribution in [0.15, 0.2) is 36.5 Å². The molecule has 132 valence electrons. The van der Waals surface area contributed by atoms with Crippen LogP contribution < -0.4 is 14.8 Å². The Morgan fingerprint density at radius 1 is 1.04 bits per heavy atom. The summed E-state index contributed by atoms with van der Waals surface area (Å²) in [5, 5.41) is 5.22. The number of fused-ring (bicyclic) bond motifs is 6. The second kappa shape index (κ2) is 5.63. The third kappa shape index (κ3) is 2.10. The summed E-state index contributed by atoms with van der Waals surface area (Å²) in [5.41, 5.74) is 5.62. The number of nitrogens with one attached hydrogen (secondary N) is 1. The maximum absolute atomic E-state index is 5.60. The first kappa shape index (κ1) is 14.9. The van der Waals surface area contributed by atoms with Crippen LogP contribution in [-0.2, 0) is 19.4 Å². The second-order valence-electron chi connectivity index (χ2n) is 7.22. The molecule has 6 rings (SSSR count). The molecule has 1 unspecified atom stereocenters. The van der Waals surface area contributed by atoms with Crippen LogP contribution in [0.2, 0.25) is 0 Å². The molecule has 0 saturated heterocycles. The summed E-state index contributed by atoms with van der Waals surface area (Å²) >= 11 is 1.99. The van der Waals surface area contributed by atoms with E-state index in [1.807, 2.05) is 17.4 Å². The molecule has 1 atom stereocenters. The summed E-state index contributed by atoms with van der Waals surface area (Å²) < 4.78 is 13.5. The molecule has 0 fully saturated rings. The van der Waals surface area contributed by atoms with Crippen molar-refractivity contribution in [1.82, 2.24) is 9.88 Å². The lowest BCUT2D eigenvalue weighted by molar-refractivity contribution is 0.174. The molecule has 26 heavy (non-hydrogen) atoms. The molecule has 2 aromatic heterocycles. The van der Waals surface area contributed by atoms with Gasteiger partial charge in [-0.15, -0.1) is 11.3 Å². The minimum Gasteiger partial charge on any atom is -0.454 e. The first-order valence-electron chi connectivity index (χ1n) is 9.32. The molecule has 5 heteroatoms. The van der Waals surface area contributed by atoms with Crippen molar-refractivity contribution >= 4 is 11.3 Å². The summed E-state index contributed by atoms with van der Waals surface area (Å²) in [6.45, 7) is 1.23. The van der Waals surface area contributed by atoms with Crippen molar-refractivity contribution in [3.63, 3.8) is 0 Å². The Labute approximate surface area is 156 Å². The van der Waals surface area contributed by atoms with Crippen molar-refractivity contribution in [1.29, 1.82) is 0 Å². The monoisotopic (exact) mass is 364 g/mol. The smallest absolute Gasteiger partial charge is 0.231 e. The van der Waals surface area contributed by atoms with Crippen LogP contribution in [0.1, 0.15) is 46.1 Å². The van der Waals surface area contributed by atoms with Gasteiger partial charge in [-0.25, -0.2) is 0 Å². The lowest BCUT2D eigenvalue weighted by Gasteiger charge is -2.19. The van der Waals surface area contributed by atoms with E-state index in [9.17, 15) is 0 Å². The van der Waals surface area contributed by atoms with E-state index < -0.39 is 0 Å². The van der Waals surface area contributed by atoms with Gasteiger partial charge in [0.15, 0.2) is 11.5 Å². The van der Waals surface area contributed by atoms with E-state index in [1.54, 1.807) is 10.4 Å². The van der Waals surface area contributed by atoms with Crippen molar-refractivity contribution < 1.29 is 9.47 Å². The van der Waals surface area contributed by atoms with Crippen LogP contribution in [0.4, 0.5) is 0 Å². The highest BCUT2D eigenvalue weighted by Gasteiger charge is 2.29. The lowest BCUT2D eigenvalue weighted by Crippen LogP contribution is -2.21. The third-order valence-electron chi connectivity index (χ3n) is 5.77. The summed E-state index contributed by atoms with van der Waals surface area (Å²) in [5.74, 6) is 1.68. The Balaban J connectivity index is 1.47. The molecule has 2 aliphatic heterocycles. The Morgan fingerprint density at radius 3 is 2.96 bits per heavy atom. The number of hydrogen-bond acceptors (Lipinski definition) is 4.